The Labute approximate surface area is 58.2 Å². The summed E-state index contributed by atoms with van der Waals surface area (Å²) in [4.78, 5) is 0. The number of aliphatic hydroxyl groups is 1. The van der Waals surface area contributed by atoms with Crippen LogP contribution in [0.3, 0.4) is 0 Å². The first-order chi connectivity index (χ1) is 4.10. The SMILES string of the molecule is [N]C1(S)C=C(O)C=CO1. The quantitative estimate of drug-likeness (QED) is 0.488. The molecule has 0 bridgehead atoms. The van der Waals surface area contributed by atoms with Crippen LogP contribution in [-0.2, 0) is 4.74 Å². The van der Waals surface area contributed by atoms with Crippen LogP contribution < -0.4 is 5.73 Å². The Morgan fingerprint density at radius 3 is 2.78 bits per heavy atom. The molecule has 0 spiro atoms. The number of rotatable bonds is 0. The van der Waals surface area contributed by atoms with Crippen molar-refractivity contribution in [2.45, 2.75) is 5.06 Å². The summed E-state index contributed by atoms with van der Waals surface area (Å²) in [6.07, 6.45) is 3.56. The van der Waals surface area contributed by atoms with Crippen molar-refractivity contribution in [2.75, 3.05) is 0 Å². The normalized spacial score (nSPS) is 33.3. The standard InChI is InChI=1S/C5H5NO2S/c6-5(9)3-4(7)1-2-8-5/h1-3,7,9H. The second-order valence-electron chi connectivity index (χ2n) is 1.65. The van der Waals surface area contributed by atoms with Crippen molar-refractivity contribution in [3.05, 3.63) is 24.2 Å². The molecule has 1 unspecified atom stereocenters. The molecule has 0 aromatic heterocycles. The van der Waals surface area contributed by atoms with E-state index in [1.807, 2.05) is 0 Å². The summed E-state index contributed by atoms with van der Waals surface area (Å²) in [5.74, 6) is -0.0567. The summed E-state index contributed by atoms with van der Waals surface area (Å²) in [5.41, 5.74) is 8.90. The lowest BCUT2D eigenvalue weighted by Crippen LogP contribution is -2.24. The maximum Gasteiger partial charge on any atom is 0.259 e. The van der Waals surface area contributed by atoms with Crippen molar-refractivity contribution in [2.24, 2.45) is 0 Å². The van der Waals surface area contributed by atoms with Gasteiger partial charge >= 0.3 is 0 Å². The lowest BCUT2D eigenvalue weighted by atomic mass is 10.3. The lowest BCUT2D eigenvalue weighted by molar-refractivity contribution is 0.145. The van der Waals surface area contributed by atoms with Gasteiger partial charge in [0.1, 0.15) is 5.76 Å². The van der Waals surface area contributed by atoms with E-state index in [-0.39, 0.29) is 5.76 Å². The Hall–Kier alpha value is -0.610. The molecule has 0 fully saturated rings. The zero-order chi connectivity index (χ0) is 6.91. The molecule has 9 heavy (non-hydrogen) atoms. The first-order valence-corrected chi connectivity index (χ1v) is 2.76. The predicted octanol–water partition coefficient (Wildman–Crippen LogP) is 0.624. The van der Waals surface area contributed by atoms with Crippen molar-refractivity contribution in [1.29, 1.82) is 0 Å². The molecule has 0 saturated heterocycles. The summed E-state index contributed by atoms with van der Waals surface area (Å²) in [6.45, 7) is 0. The highest BCUT2D eigenvalue weighted by Gasteiger charge is 2.22. The molecule has 1 N–H and O–H groups in total. The highest BCUT2D eigenvalue weighted by Crippen LogP contribution is 2.19. The van der Waals surface area contributed by atoms with Gasteiger partial charge in [-0.3, -0.25) is 0 Å². The van der Waals surface area contributed by atoms with Crippen molar-refractivity contribution in [1.82, 2.24) is 5.73 Å². The summed E-state index contributed by atoms with van der Waals surface area (Å²) < 4.78 is 4.54. The summed E-state index contributed by atoms with van der Waals surface area (Å²) in [6, 6.07) is 0. The van der Waals surface area contributed by atoms with E-state index in [1.165, 1.54) is 12.3 Å². The van der Waals surface area contributed by atoms with E-state index >= 15 is 0 Å². The molecule has 3 nitrogen and oxygen atoms in total. The Balaban J connectivity index is 2.78. The van der Waals surface area contributed by atoms with Gasteiger partial charge in [0.2, 0.25) is 0 Å². The third kappa shape index (κ3) is 1.65. The van der Waals surface area contributed by atoms with Gasteiger partial charge in [-0.2, -0.15) is 0 Å². The predicted molar refractivity (Wildman–Crippen MR) is 34.8 cm³/mol. The molecule has 2 radical (unpaired) electrons. The molecule has 48 valence electrons. The molecule has 0 aromatic rings. The fourth-order valence-electron chi connectivity index (χ4n) is 0.479. The number of hydrogen-bond acceptors (Lipinski definition) is 3. The van der Waals surface area contributed by atoms with E-state index in [0.29, 0.717) is 0 Å². The molecule has 0 amide bonds. The highest BCUT2D eigenvalue weighted by molar-refractivity contribution is 7.81. The molecule has 4 heteroatoms. The van der Waals surface area contributed by atoms with Crippen molar-refractivity contribution in [3.8, 4) is 0 Å². The second-order valence-corrected chi connectivity index (χ2v) is 2.29. The molecular formula is C5H5NO2S. The van der Waals surface area contributed by atoms with Crippen LogP contribution in [0.5, 0.6) is 0 Å². The van der Waals surface area contributed by atoms with Crippen LogP contribution in [0, 0.1) is 0 Å². The van der Waals surface area contributed by atoms with E-state index in [4.69, 9.17) is 10.8 Å². The number of allylic oxidation sites excluding steroid dienone is 1. The van der Waals surface area contributed by atoms with Crippen LogP contribution in [0.4, 0.5) is 0 Å². The van der Waals surface area contributed by atoms with Crippen LogP contribution in [0.1, 0.15) is 0 Å². The van der Waals surface area contributed by atoms with Crippen molar-refractivity contribution >= 4 is 12.6 Å². The summed E-state index contributed by atoms with van der Waals surface area (Å²) in [5, 5.41) is 7.08. The number of nitrogens with zero attached hydrogens (tertiary/aromatic N) is 1. The first kappa shape index (κ1) is 6.51. The second kappa shape index (κ2) is 1.97. The average molecular weight is 143 g/mol. The molecule has 1 rings (SSSR count). The van der Waals surface area contributed by atoms with Gasteiger partial charge in [-0.25, -0.2) is 0 Å². The highest BCUT2D eigenvalue weighted by atomic mass is 32.1. The van der Waals surface area contributed by atoms with Crippen molar-refractivity contribution in [3.63, 3.8) is 0 Å². The maximum absolute atomic E-state index is 8.90. The Kier molecular flexibility index (Phi) is 1.42. The molecule has 1 heterocycles. The zero-order valence-electron chi connectivity index (χ0n) is 4.48. The average Bonchev–Trinajstić information content (AvgIpc) is 1.60. The molecule has 1 aliphatic heterocycles. The van der Waals surface area contributed by atoms with Crippen LogP contribution in [0.15, 0.2) is 24.2 Å². The van der Waals surface area contributed by atoms with Gasteiger partial charge in [0, 0.05) is 12.2 Å². The van der Waals surface area contributed by atoms with Crippen LogP contribution >= 0.6 is 12.6 Å². The van der Waals surface area contributed by atoms with Gasteiger partial charge in [0.25, 0.3) is 5.06 Å². The van der Waals surface area contributed by atoms with E-state index in [0.717, 1.165) is 6.08 Å². The first-order valence-electron chi connectivity index (χ1n) is 2.31. The zero-order valence-corrected chi connectivity index (χ0v) is 5.38. The molecule has 1 aliphatic rings. The molecular weight excluding hydrogens is 138 g/mol. The Morgan fingerprint density at radius 1 is 1.78 bits per heavy atom. The topological polar surface area (TPSA) is 51.8 Å². The third-order valence-electron chi connectivity index (χ3n) is 0.816. The van der Waals surface area contributed by atoms with Crippen LogP contribution in [-0.4, -0.2) is 10.2 Å². The fraction of sp³-hybridized carbons (Fsp3) is 0.200. The number of thiol groups is 1. The lowest BCUT2D eigenvalue weighted by Gasteiger charge is -2.18. The van der Waals surface area contributed by atoms with E-state index < -0.39 is 5.06 Å². The van der Waals surface area contributed by atoms with Crippen molar-refractivity contribution < 1.29 is 9.84 Å². The Bertz CT molecular complexity index is 174. The van der Waals surface area contributed by atoms with E-state index in [2.05, 4.69) is 17.4 Å². The minimum atomic E-state index is -1.65. The number of aliphatic hydroxyl groups excluding tert-OH is 1. The Morgan fingerprint density at radius 2 is 2.44 bits per heavy atom. The van der Waals surface area contributed by atoms with Crippen LogP contribution in [0.25, 0.3) is 0 Å². The van der Waals surface area contributed by atoms with Gasteiger partial charge in [0.05, 0.1) is 6.26 Å². The minimum absolute atomic E-state index is 0.0567. The fourth-order valence-corrected chi connectivity index (χ4v) is 0.672. The number of hydrogen-bond donors (Lipinski definition) is 2. The molecule has 0 aromatic carbocycles. The molecule has 1 atom stereocenters. The van der Waals surface area contributed by atoms with Gasteiger partial charge in [-0.15, -0.1) is 12.6 Å². The monoisotopic (exact) mass is 143 g/mol. The summed E-state index contributed by atoms with van der Waals surface area (Å²) in [7, 11) is 0. The molecule has 0 aliphatic carbocycles. The largest absolute Gasteiger partial charge is 0.508 e. The van der Waals surface area contributed by atoms with Gasteiger partial charge in [-0.05, 0) is 0 Å². The maximum atomic E-state index is 8.90. The van der Waals surface area contributed by atoms with Gasteiger partial charge in [-0.1, -0.05) is 5.73 Å². The minimum Gasteiger partial charge on any atom is -0.508 e. The van der Waals surface area contributed by atoms with E-state index in [1.54, 1.807) is 0 Å². The molecule has 0 saturated carbocycles. The third-order valence-corrected chi connectivity index (χ3v) is 1.05. The van der Waals surface area contributed by atoms with Gasteiger partial charge in [0.15, 0.2) is 0 Å². The van der Waals surface area contributed by atoms with Gasteiger partial charge < -0.3 is 9.84 Å². The summed E-state index contributed by atoms with van der Waals surface area (Å²) >= 11 is 3.62. The van der Waals surface area contributed by atoms with Crippen LogP contribution in [0.2, 0.25) is 0 Å². The smallest absolute Gasteiger partial charge is 0.259 e. The van der Waals surface area contributed by atoms with E-state index in [9.17, 15) is 0 Å². The number of ether oxygens (including phenoxy) is 1.